The zero-order valence-corrected chi connectivity index (χ0v) is 8.75. The van der Waals surface area contributed by atoms with Crippen LogP contribution in [0, 0.1) is 0 Å². The van der Waals surface area contributed by atoms with Crippen molar-refractivity contribution in [3.63, 3.8) is 0 Å². The van der Waals surface area contributed by atoms with E-state index in [-0.39, 0.29) is 0 Å². The van der Waals surface area contributed by atoms with Gasteiger partial charge in [0.2, 0.25) is 0 Å². The average molecular weight is 181 g/mol. The van der Waals surface area contributed by atoms with Crippen LogP contribution in [0.25, 0.3) is 0 Å². The SMILES string of the molecule is CCCn1cc(C(C)NCC)cn1. The number of nitrogens with zero attached hydrogens (tertiary/aromatic N) is 2. The molecule has 0 saturated heterocycles. The summed E-state index contributed by atoms with van der Waals surface area (Å²) in [6.45, 7) is 8.46. The molecule has 0 aromatic carbocycles. The number of rotatable bonds is 5. The van der Waals surface area contributed by atoms with Crippen LogP contribution in [0.1, 0.15) is 38.8 Å². The molecule has 1 heterocycles. The lowest BCUT2D eigenvalue weighted by Gasteiger charge is -2.08. The van der Waals surface area contributed by atoms with Crippen molar-refractivity contribution in [2.24, 2.45) is 0 Å². The quantitative estimate of drug-likeness (QED) is 0.752. The minimum atomic E-state index is 0.413. The molecule has 1 N–H and O–H groups in total. The third-order valence-electron chi connectivity index (χ3n) is 2.12. The van der Waals surface area contributed by atoms with E-state index in [1.807, 2.05) is 10.9 Å². The normalized spacial score (nSPS) is 13.2. The Morgan fingerprint density at radius 2 is 2.31 bits per heavy atom. The molecule has 0 amide bonds. The number of nitrogens with one attached hydrogen (secondary N) is 1. The number of aromatic nitrogens is 2. The Morgan fingerprint density at radius 1 is 1.54 bits per heavy atom. The van der Waals surface area contributed by atoms with Crippen molar-refractivity contribution in [1.82, 2.24) is 15.1 Å². The second kappa shape index (κ2) is 5.02. The summed E-state index contributed by atoms with van der Waals surface area (Å²) >= 11 is 0. The van der Waals surface area contributed by atoms with Gasteiger partial charge in [0, 0.05) is 24.3 Å². The minimum Gasteiger partial charge on any atom is -0.310 e. The van der Waals surface area contributed by atoms with Crippen molar-refractivity contribution in [2.45, 2.75) is 39.8 Å². The molecule has 13 heavy (non-hydrogen) atoms. The Labute approximate surface area is 80.1 Å². The van der Waals surface area contributed by atoms with Gasteiger partial charge in [0.25, 0.3) is 0 Å². The maximum atomic E-state index is 4.29. The summed E-state index contributed by atoms with van der Waals surface area (Å²) in [5.41, 5.74) is 1.27. The molecule has 0 aliphatic rings. The van der Waals surface area contributed by atoms with Crippen LogP contribution in [0.5, 0.6) is 0 Å². The monoisotopic (exact) mass is 181 g/mol. The lowest BCUT2D eigenvalue weighted by molar-refractivity contribution is 0.586. The largest absolute Gasteiger partial charge is 0.310 e. The molecule has 1 aromatic heterocycles. The lowest BCUT2D eigenvalue weighted by Crippen LogP contribution is -2.17. The van der Waals surface area contributed by atoms with Crippen LogP contribution in [0.4, 0.5) is 0 Å². The van der Waals surface area contributed by atoms with E-state index >= 15 is 0 Å². The van der Waals surface area contributed by atoms with Crippen LogP contribution in [0.2, 0.25) is 0 Å². The molecule has 0 bridgehead atoms. The van der Waals surface area contributed by atoms with Crippen LogP contribution in [-0.4, -0.2) is 16.3 Å². The van der Waals surface area contributed by atoms with Crippen LogP contribution in [0.15, 0.2) is 12.4 Å². The summed E-state index contributed by atoms with van der Waals surface area (Å²) in [7, 11) is 0. The maximum Gasteiger partial charge on any atom is 0.0537 e. The highest BCUT2D eigenvalue weighted by Crippen LogP contribution is 2.10. The first-order valence-corrected chi connectivity index (χ1v) is 5.03. The molecular formula is C10H19N3. The zero-order chi connectivity index (χ0) is 9.68. The molecule has 0 aliphatic carbocycles. The average Bonchev–Trinajstić information content (AvgIpc) is 2.54. The first-order valence-electron chi connectivity index (χ1n) is 5.03. The summed E-state index contributed by atoms with van der Waals surface area (Å²) in [5, 5.41) is 7.65. The van der Waals surface area contributed by atoms with Crippen molar-refractivity contribution < 1.29 is 0 Å². The second-order valence-corrected chi connectivity index (χ2v) is 3.32. The van der Waals surface area contributed by atoms with Gasteiger partial charge in [-0.05, 0) is 19.9 Å². The van der Waals surface area contributed by atoms with Crippen LogP contribution >= 0.6 is 0 Å². The van der Waals surface area contributed by atoms with Gasteiger partial charge in [-0.25, -0.2) is 0 Å². The first kappa shape index (κ1) is 10.3. The minimum absolute atomic E-state index is 0.413. The van der Waals surface area contributed by atoms with Crippen LogP contribution in [-0.2, 0) is 6.54 Å². The van der Waals surface area contributed by atoms with Gasteiger partial charge in [-0.1, -0.05) is 13.8 Å². The number of aryl methyl sites for hydroxylation is 1. The molecule has 0 fully saturated rings. The van der Waals surface area contributed by atoms with E-state index in [9.17, 15) is 0 Å². The zero-order valence-electron chi connectivity index (χ0n) is 8.75. The fourth-order valence-electron chi connectivity index (χ4n) is 1.38. The molecule has 0 spiro atoms. The van der Waals surface area contributed by atoms with Gasteiger partial charge in [-0.15, -0.1) is 0 Å². The molecular weight excluding hydrogens is 162 g/mol. The van der Waals surface area contributed by atoms with Gasteiger partial charge in [-0.3, -0.25) is 4.68 Å². The van der Waals surface area contributed by atoms with Gasteiger partial charge >= 0.3 is 0 Å². The predicted molar refractivity (Wildman–Crippen MR) is 54.6 cm³/mol. The maximum absolute atomic E-state index is 4.29. The first-order chi connectivity index (χ1) is 6.27. The molecule has 1 aromatic rings. The Balaban J connectivity index is 2.56. The van der Waals surface area contributed by atoms with Crippen LogP contribution in [0.3, 0.4) is 0 Å². The van der Waals surface area contributed by atoms with E-state index in [4.69, 9.17) is 0 Å². The Morgan fingerprint density at radius 3 is 2.92 bits per heavy atom. The summed E-state index contributed by atoms with van der Waals surface area (Å²) in [6, 6.07) is 0.413. The number of hydrogen-bond acceptors (Lipinski definition) is 2. The predicted octanol–water partition coefficient (Wildman–Crippen LogP) is 1.96. The Hall–Kier alpha value is -0.830. The van der Waals surface area contributed by atoms with Gasteiger partial charge < -0.3 is 5.32 Å². The molecule has 74 valence electrons. The molecule has 1 unspecified atom stereocenters. The fraction of sp³-hybridized carbons (Fsp3) is 0.700. The molecule has 0 aliphatic heterocycles. The van der Waals surface area contributed by atoms with Gasteiger partial charge in [0.15, 0.2) is 0 Å². The molecule has 3 heteroatoms. The second-order valence-electron chi connectivity index (χ2n) is 3.32. The van der Waals surface area contributed by atoms with E-state index in [2.05, 4.69) is 37.4 Å². The molecule has 3 nitrogen and oxygen atoms in total. The van der Waals surface area contributed by atoms with Gasteiger partial charge in [0.05, 0.1) is 6.20 Å². The smallest absolute Gasteiger partial charge is 0.0537 e. The molecule has 0 saturated carbocycles. The van der Waals surface area contributed by atoms with E-state index in [0.717, 1.165) is 19.5 Å². The van der Waals surface area contributed by atoms with Gasteiger partial charge in [-0.2, -0.15) is 5.10 Å². The molecule has 1 rings (SSSR count). The third kappa shape index (κ3) is 2.84. The van der Waals surface area contributed by atoms with Crippen molar-refractivity contribution in [3.8, 4) is 0 Å². The highest BCUT2D eigenvalue weighted by Gasteiger charge is 2.05. The molecule has 0 radical (unpaired) electrons. The highest BCUT2D eigenvalue weighted by molar-refractivity contribution is 5.08. The van der Waals surface area contributed by atoms with E-state index < -0.39 is 0 Å². The standard InChI is InChI=1S/C10H19N3/c1-4-6-13-8-10(7-12-13)9(3)11-5-2/h7-9,11H,4-6H2,1-3H3. The summed E-state index contributed by atoms with van der Waals surface area (Å²) in [6.07, 6.45) is 5.20. The summed E-state index contributed by atoms with van der Waals surface area (Å²) in [5.74, 6) is 0. The van der Waals surface area contributed by atoms with E-state index in [1.165, 1.54) is 5.56 Å². The summed E-state index contributed by atoms with van der Waals surface area (Å²) in [4.78, 5) is 0. The van der Waals surface area contributed by atoms with Crippen LogP contribution < -0.4 is 5.32 Å². The van der Waals surface area contributed by atoms with Crippen molar-refractivity contribution >= 4 is 0 Å². The van der Waals surface area contributed by atoms with Crippen molar-refractivity contribution in [3.05, 3.63) is 18.0 Å². The van der Waals surface area contributed by atoms with E-state index in [1.54, 1.807) is 0 Å². The highest BCUT2D eigenvalue weighted by atomic mass is 15.3. The van der Waals surface area contributed by atoms with Gasteiger partial charge in [0.1, 0.15) is 0 Å². The van der Waals surface area contributed by atoms with Crippen molar-refractivity contribution in [2.75, 3.05) is 6.54 Å². The Bertz CT molecular complexity index is 242. The van der Waals surface area contributed by atoms with Crippen molar-refractivity contribution in [1.29, 1.82) is 0 Å². The topological polar surface area (TPSA) is 29.9 Å². The lowest BCUT2D eigenvalue weighted by atomic mass is 10.2. The van der Waals surface area contributed by atoms with E-state index in [0.29, 0.717) is 6.04 Å². The molecule has 1 atom stereocenters. The third-order valence-corrected chi connectivity index (χ3v) is 2.12. The fourth-order valence-corrected chi connectivity index (χ4v) is 1.38. The number of hydrogen-bond donors (Lipinski definition) is 1. The summed E-state index contributed by atoms with van der Waals surface area (Å²) < 4.78 is 2.00. The Kier molecular flexibility index (Phi) is 3.96.